The van der Waals surface area contributed by atoms with E-state index in [-0.39, 0.29) is 20.1 Å². The number of para-hydroxylation sites is 1. The largest absolute Gasteiger partial charge is 0.488 e. The predicted molar refractivity (Wildman–Crippen MR) is 143 cm³/mol. The summed E-state index contributed by atoms with van der Waals surface area (Å²) in [4.78, 5) is 13.2. The molecule has 0 saturated heterocycles. The summed E-state index contributed by atoms with van der Waals surface area (Å²) < 4.78 is 7.63. The topological polar surface area (TPSA) is 56.7 Å². The molecule has 0 bridgehead atoms. The minimum atomic E-state index is 0. The van der Waals surface area contributed by atoms with Gasteiger partial charge in [0, 0.05) is 56.8 Å². The Kier molecular flexibility index (Phi) is 8.12. The molecule has 37 heavy (non-hydrogen) atoms. The van der Waals surface area contributed by atoms with Gasteiger partial charge in [-0.2, -0.15) is 0 Å². The van der Waals surface area contributed by atoms with Crippen molar-refractivity contribution in [3.8, 4) is 28.3 Å². The van der Waals surface area contributed by atoms with Crippen LogP contribution in [0.25, 0.3) is 39.4 Å². The molecule has 187 valence electrons. The van der Waals surface area contributed by atoms with Crippen LogP contribution in [0.4, 0.5) is 0 Å². The summed E-state index contributed by atoms with van der Waals surface area (Å²) in [6, 6.07) is 28.4. The third-order valence-corrected chi connectivity index (χ3v) is 5.89. The molecule has 3 aromatic heterocycles. The smallest absolute Gasteiger partial charge is 0.180 e. The maximum Gasteiger partial charge on any atom is 0.180 e. The fourth-order valence-electron chi connectivity index (χ4n) is 4.22. The van der Waals surface area contributed by atoms with Crippen LogP contribution in [0.3, 0.4) is 0 Å². The molecule has 0 N–H and O–H groups in total. The van der Waals surface area contributed by atoms with Gasteiger partial charge < -0.3 is 14.0 Å². The number of imidazole rings is 1. The van der Waals surface area contributed by atoms with E-state index in [9.17, 15) is 0 Å². The first kappa shape index (κ1) is 26.2. The minimum Gasteiger partial charge on any atom is -0.488 e. The first-order valence-electron chi connectivity index (χ1n) is 11.8. The average molecular weight is 663 g/mol. The number of nitrogens with zero attached hydrogens (tertiary/aromatic N) is 4. The normalized spacial score (nSPS) is 10.5. The maximum absolute atomic E-state index is 5.52. The number of pyridine rings is 1. The third kappa shape index (κ3) is 5.77. The number of benzene rings is 3. The van der Waals surface area contributed by atoms with Gasteiger partial charge in [0.2, 0.25) is 0 Å². The zero-order chi connectivity index (χ0) is 25.1. The number of fused-ring (bicyclic) bond motifs is 1. The molecule has 0 fully saturated rings. The summed E-state index contributed by atoms with van der Waals surface area (Å²) in [5.74, 6) is 1.51. The second-order valence-electron chi connectivity index (χ2n) is 8.69. The molecular weight excluding hydrogens is 637 g/mol. The zero-order valence-electron chi connectivity index (χ0n) is 21.1. The van der Waals surface area contributed by atoms with Crippen molar-refractivity contribution in [2.45, 2.75) is 27.7 Å². The van der Waals surface area contributed by atoms with Gasteiger partial charge in [-0.15, -0.1) is 59.7 Å². The third-order valence-electron chi connectivity index (χ3n) is 5.89. The van der Waals surface area contributed by atoms with Gasteiger partial charge in [-0.1, -0.05) is 29.8 Å². The van der Waals surface area contributed by atoms with Crippen LogP contribution in [0.15, 0.2) is 89.7 Å². The van der Waals surface area contributed by atoms with E-state index in [1.54, 1.807) is 0 Å². The van der Waals surface area contributed by atoms with Gasteiger partial charge in [0.1, 0.15) is 0 Å². The van der Waals surface area contributed by atoms with Crippen LogP contribution in [0.5, 0.6) is 0 Å². The van der Waals surface area contributed by atoms with E-state index in [1.807, 2.05) is 68.0 Å². The number of oxazole rings is 1. The fraction of sp³-hybridized carbons (Fsp3) is 0.129. The van der Waals surface area contributed by atoms with Crippen LogP contribution in [0.1, 0.15) is 22.6 Å². The number of hydrogen-bond acceptors (Lipinski definition) is 4. The summed E-state index contributed by atoms with van der Waals surface area (Å²) in [5.41, 5.74) is 9.31. The molecule has 1 radical (unpaired) electrons. The van der Waals surface area contributed by atoms with Gasteiger partial charge in [-0.25, -0.2) is 4.98 Å². The van der Waals surface area contributed by atoms with E-state index in [4.69, 9.17) is 4.42 Å². The van der Waals surface area contributed by atoms with E-state index in [0.717, 1.165) is 39.4 Å². The maximum atomic E-state index is 5.52. The van der Waals surface area contributed by atoms with E-state index in [1.165, 1.54) is 16.7 Å². The molecule has 6 rings (SSSR count). The van der Waals surface area contributed by atoms with Gasteiger partial charge in [0.25, 0.3) is 0 Å². The van der Waals surface area contributed by atoms with Crippen LogP contribution in [0, 0.1) is 39.8 Å². The summed E-state index contributed by atoms with van der Waals surface area (Å²) >= 11 is 0. The quantitative estimate of drug-likeness (QED) is 0.187. The molecule has 6 heteroatoms. The molecule has 3 aromatic carbocycles. The molecule has 6 aromatic rings. The molecular formula is C31H26IrN4O-2. The van der Waals surface area contributed by atoms with Crippen LogP contribution >= 0.6 is 0 Å². The molecule has 5 nitrogen and oxygen atoms in total. The van der Waals surface area contributed by atoms with E-state index >= 15 is 0 Å². The minimum absolute atomic E-state index is 0. The van der Waals surface area contributed by atoms with Crippen molar-refractivity contribution >= 4 is 11.1 Å². The van der Waals surface area contributed by atoms with Crippen molar-refractivity contribution < 1.29 is 24.5 Å². The van der Waals surface area contributed by atoms with Crippen LogP contribution in [-0.4, -0.2) is 19.5 Å². The van der Waals surface area contributed by atoms with Crippen LogP contribution in [0.2, 0.25) is 0 Å². The number of aryl methyl sites for hydroxylation is 4. The average Bonchev–Trinajstić information content (AvgIpc) is 3.50. The summed E-state index contributed by atoms with van der Waals surface area (Å²) in [7, 11) is 0. The molecule has 0 unspecified atom stereocenters. The Morgan fingerprint density at radius 3 is 2.35 bits per heavy atom. The van der Waals surface area contributed by atoms with Crippen molar-refractivity contribution in [2.75, 3.05) is 0 Å². The molecule has 0 saturated carbocycles. The summed E-state index contributed by atoms with van der Waals surface area (Å²) in [5, 5.41) is 0. The Hall–Kier alpha value is -3.86. The van der Waals surface area contributed by atoms with E-state index in [0.29, 0.717) is 5.89 Å². The number of aromatic nitrogens is 4. The van der Waals surface area contributed by atoms with Gasteiger partial charge in [-0.3, -0.25) is 4.98 Å². The summed E-state index contributed by atoms with van der Waals surface area (Å²) in [6.45, 7) is 8.13. The summed E-state index contributed by atoms with van der Waals surface area (Å²) in [6.07, 6.45) is 5.62. The Bertz CT molecular complexity index is 1620. The first-order chi connectivity index (χ1) is 17.5. The van der Waals surface area contributed by atoms with Crippen LogP contribution < -0.4 is 0 Å². The molecule has 0 amide bonds. The standard InChI is InChI=1S/C19H16N3O.C12H10N.Ir/c1-12-5-4-6-13(2)18(12)22-10-9-20-19(22)15-7-8-17-16(11-15)21-14(3)23-17;1-10-7-8-13-12(9-10)11-5-3-2-4-6-11;/h4-6,8-11H,1-3H3;2-5,7-9H,1H3;/q2*-1;. The Balaban J connectivity index is 0.000000195. The number of hydrogen-bond donors (Lipinski definition) is 0. The van der Waals surface area contributed by atoms with Crippen molar-refractivity contribution in [3.05, 3.63) is 120 Å². The first-order valence-corrected chi connectivity index (χ1v) is 11.8. The SMILES string of the molecule is Cc1ccnc(-c2[c-]cccc2)c1.Cc1nc2cc(-c3nccn3-c3c(C)cccc3C)[c-]cc2o1.[Ir]. The van der Waals surface area contributed by atoms with Gasteiger partial charge in [0.15, 0.2) is 5.89 Å². The number of rotatable bonds is 3. The van der Waals surface area contributed by atoms with Gasteiger partial charge in [-0.05, 0) is 43.7 Å². The second-order valence-corrected chi connectivity index (χ2v) is 8.69. The van der Waals surface area contributed by atoms with Crippen molar-refractivity contribution in [2.24, 2.45) is 0 Å². The Labute approximate surface area is 230 Å². The predicted octanol–water partition coefficient (Wildman–Crippen LogP) is 7.26. The fourth-order valence-corrected chi connectivity index (χ4v) is 4.22. The van der Waals surface area contributed by atoms with Gasteiger partial charge >= 0.3 is 0 Å². The van der Waals surface area contributed by atoms with Crippen LogP contribution in [-0.2, 0) is 20.1 Å². The van der Waals surface area contributed by atoms with Crippen molar-refractivity contribution in [1.82, 2.24) is 19.5 Å². The monoisotopic (exact) mass is 663 g/mol. The Morgan fingerprint density at radius 1 is 0.811 bits per heavy atom. The molecule has 3 heterocycles. The van der Waals surface area contributed by atoms with E-state index < -0.39 is 0 Å². The zero-order valence-corrected chi connectivity index (χ0v) is 23.5. The molecule has 0 atom stereocenters. The molecule has 0 spiro atoms. The van der Waals surface area contributed by atoms with Gasteiger partial charge in [0.05, 0.1) is 11.4 Å². The molecule has 0 aliphatic carbocycles. The molecule has 0 aliphatic rings. The Morgan fingerprint density at radius 2 is 1.62 bits per heavy atom. The molecule has 0 aliphatic heterocycles. The second kappa shape index (κ2) is 11.5. The van der Waals surface area contributed by atoms with Crippen molar-refractivity contribution in [1.29, 1.82) is 0 Å². The van der Waals surface area contributed by atoms with E-state index in [2.05, 4.69) is 76.7 Å². The van der Waals surface area contributed by atoms with Crippen molar-refractivity contribution in [3.63, 3.8) is 0 Å².